The molecule has 0 aromatic heterocycles. The highest BCUT2D eigenvalue weighted by atomic mass is 16.3. The van der Waals surface area contributed by atoms with Crippen LogP contribution in [0.5, 0.6) is 11.5 Å². The average molecular weight is 177 g/mol. The molecule has 1 aromatic rings. The van der Waals surface area contributed by atoms with Crippen molar-refractivity contribution in [2.45, 2.75) is 6.42 Å². The van der Waals surface area contributed by atoms with E-state index in [1.807, 2.05) is 0 Å². The Morgan fingerprint density at radius 3 is 2.62 bits per heavy atom. The van der Waals surface area contributed by atoms with Crippen molar-refractivity contribution in [1.29, 1.82) is 0 Å². The van der Waals surface area contributed by atoms with Crippen molar-refractivity contribution >= 4 is 0 Å². The quantitative estimate of drug-likeness (QED) is 0.439. The monoisotopic (exact) mass is 177 g/mol. The van der Waals surface area contributed by atoms with Crippen LogP contribution in [-0.4, -0.2) is 16.8 Å². The summed E-state index contributed by atoms with van der Waals surface area (Å²) < 4.78 is 0. The predicted octanol–water partition coefficient (Wildman–Crippen LogP) is 0.798. The van der Waals surface area contributed by atoms with Crippen LogP contribution in [0.2, 0.25) is 0 Å². The largest absolute Gasteiger partial charge is 0.504 e. The third kappa shape index (κ3) is 2.69. The molecule has 0 amide bonds. The van der Waals surface area contributed by atoms with Crippen LogP contribution < -0.4 is 5.73 Å². The van der Waals surface area contributed by atoms with Gasteiger partial charge in [-0.3, -0.25) is 0 Å². The first-order valence-corrected chi connectivity index (χ1v) is 3.95. The van der Waals surface area contributed by atoms with Crippen molar-refractivity contribution in [2.24, 2.45) is 5.73 Å². The topological polar surface area (TPSA) is 66.5 Å². The van der Waals surface area contributed by atoms with Crippen LogP contribution in [0.3, 0.4) is 0 Å². The van der Waals surface area contributed by atoms with E-state index in [1.54, 1.807) is 6.07 Å². The van der Waals surface area contributed by atoms with E-state index in [0.717, 1.165) is 0 Å². The molecule has 13 heavy (non-hydrogen) atoms. The smallest absolute Gasteiger partial charge is 0.158 e. The SMILES string of the molecule is NCCC#Cc1ccc(O)c(O)c1. The predicted molar refractivity (Wildman–Crippen MR) is 50.3 cm³/mol. The Bertz CT molecular complexity index is 350. The van der Waals surface area contributed by atoms with Gasteiger partial charge in [0.1, 0.15) is 0 Å². The second-order valence-corrected chi connectivity index (χ2v) is 2.54. The lowest BCUT2D eigenvalue weighted by molar-refractivity contribution is 0.403. The fourth-order valence-electron chi connectivity index (χ4n) is 0.838. The summed E-state index contributed by atoms with van der Waals surface area (Å²) in [7, 11) is 0. The van der Waals surface area contributed by atoms with E-state index in [9.17, 15) is 0 Å². The van der Waals surface area contributed by atoms with Crippen LogP contribution in [0.25, 0.3) is 0 Å². The number of phenols is 2. The summed E-state index contributed by atoms with van der Waals surface area (Å²) in [4.78, 5) is 0. The zero-order valence-corrected chi connectivity index (χ0v) is 7.12. The highest BCUT2D eigenvalue weighted by Gasteiger charge is 1.97. The van der Waals surface area contributed by atoms with Crippen LogP contribution in [0.15, 0.2) is 18.2 Å². The van der Waals surface area contributed by atoms with Gasteiger partial charge in [-0.25, -0.2) is 0 Å². The number of rotatable bonds is 1. The molecule has 0 saturated heterocycles. The Hall–Kier alpha value is -1.66. The molecule has 0 spiro atoms. The van der Waals surface area contributed by atoms with E-state index >= 15 is 0 Å². The molecule has 0 radical (unpaired) electrons. The molecule has 3 nitrogen and oxygen atoms in total. The number of hydrogen-bond donors (Lipinski definition) is 3. The van der Waals surface area contributed by atoms with Gasteiger partial charge >= 0.3 is 0 Å². The molecule has 0 saturated carbocycles. The Morgan fingerprint density at radius 2 is 2.00 bits per heavy atom. The summed E-state index contributed by atoms with van der Waals surface area (Å²) in [5, 5.41) is 18.1. The number of hydrogen-bond acceptors (Lipinski definition) is 3. The first-order valence-electron chi connectivity index (χ1n) is 3.95. The van der Waals surface area contributed by atoms with Crippen molar-refractivity contribution in [1.82, 2.24) is 0 Å². The summed E-state index contributed by atoms with van der Waals surface area (Å²) in [6.45, 7) is 0.525. The lowest BCUT2D eigenvalue weighted by atomic mass is 10.2. The first-order chi connectivity index (χ1) is 6.24. The molecule has 0 aliphatic carbocycles. The van der Waals surface area contributed by atoms with Gasteiger partial charge in [-0.15, -0.1) is 0 Å². The normalized spacial score (nSPS) is 9.00. The van der Waals surface area contributed by atoms with Gasteiger partial charge in [0.15, 0.2) is 11.5 Å². The molecule has 0 fully saturated rings. The Morgan fingerprint density at radius 1 is 1.23 bits per heavy atom. The summed E-state index contributed by atoms with van der Waals surface area (Å²) in [5.74, 6) is 5.35. The molecular weight excluding hydrogens is 166 g/mol. The van der Waals surface area contributed by atoms with Crippen LogP contribution in [-0.2, 0) is 0 Å². The van der Waals surface area contributed by atoms with Crippen LogP contribution in [0.1, 0.15) is 12.0 Å². The van der Waals surface area contributed by atoms with Gasteiger partial charge in [-0.1, -0.05) is 11.8 Å². The van der Waals surface area contributed by atoms with Crippen LogP contribution >= 0.6 is 0 Å². The minimum Gasteiger partial charge on any atom is -0.504 e. The zero-order chi connectivity index (χ0) is 9.68. The summed E-state index contributed by atoms with van der Waals surface area (Å²) in [6.07, 6.45) is 0.627. The molecular formula is C10H11NO2. The van der Waals surface area contributed by atoms with Crippen molar-refractivity contribution in [3.63, 3.8) is 0 Å². The maximum atomic E-state index is 9.11. The molecule has 68 valence electrons. The lowest BCUT2D eigenvalue weighted by Crippen LogP contribution is -1.95. The van der Waals surface area contributed by atoms with Gasteiger partial charge in [0.05, 0.1) is 0 Å². The molecule has 0 bridgehead atoms. The Kier molecular flexibility index (Phi) is 3.18. The molecule has 0 unspecified atom stereocenters. The number of aromatic hydroxyl groups is 2. The van der Waals surface area contributed by atoms with Crippen molar-refractivity contribution < 1.29 is 10.2 Å². The molecule has 0 heterocycles. The molecule has 4 N–H and O–H groups in total. The average Bonchev–Trinajstić information content (AvgIpc) is 2.12. The van der Waals surface area contributed by atoms with Gasteiger partial charge in [0, 0.05) is 18.5 Å². The molecule has 0 aliphatic heterocycles. The van der Waals surface area contributed by atoms with E-state index in [0.29, 0.717) is 18.5 Å². The van der Waals surface area contributed by atoms with Gasteiger partial charge < -0.3 is 15.9 Å². The van der Waals surface area contributed by atoms with E-state index in [2.05, 4.69) is 11.8 Å². The number of benzene rings is 1. The van der Waals surface area contributed by atoms with Gasteiger partial charge in [0.2, 0.25) is 0 Å². The summed E-state index contributed by atoms with van der Waals surface area (Å²) in [6, 6.07) is 4.46. The van der Waals surface area contributed by atoms with E-state index in [4.69, 9.17) is 15.9 Å². The summed E-state index contributed by atoms with van der Waals surface area (Å²) >= 11 is 0. The second-order valence-electron chi connectivity index (χ2n) is 2.54. The summed E-state index contributed by atoms with van der Waals surface area (Å²) in [5.41, 5.74) is 5.92. The van der Waals surface area contributed by atoms with Crippen LogP contribution in [0.4, 0.5) is 0 Å². The van der Waals surface area contributed by atoms with Gasteiger partial charge in [0.25, 0.3) is 0 Å². The standard InChI is InChI=1S/C10H11NO2/c11-6-2-1-3-8-4-5-9(12)10(13)7-8/h4-5,7,12-13H,2,6,11H2. The molecule has 0 atom stereocenters. The molecule has 1 rings (SSSR count). The minimum absolute atomic E-state index is 0.135. The van der Waals surface area contributed by atoms with Crippen molar-refractivity contribution in [2.75, 3.05) is 6.54 Å². The molecule has 0 aliphatic rings. The molecule has 1 aromatic carbocycles. The highest BCUT2D eigenvalue weighted by Crippen LogP contribution is 2.24. The minimum atomic E-state index is -0.153. The van der Waals surface area contributed by atoms with Gasteiger partial charge in [-0.2, -0.15) is 0 Å². The lowest BCUT2D eigenvalue weighted by Gasteiger charge is -1.96. The molecule has 3 heteroatoms. The number of nitrogens with two attached hydrogens (primary N) is 1. The second kappa shape index (κ2) is 4.39. The third-order valence-corrected chi connectivity index (χ3v) is 1.48. The van der Waals surface area contributed by atoms with Gasteiger partial charge in [-0.05, 0) is 18.2 Å². The number of phenolic OH excluding ortho intramolecular Hbond substituents is 2. The highest BCUT2D eigenvalue weighted by molar-refractivity contribution is 5.46. The fraction of sp³-hybridized carbons (Fsp3) is 0.200. The first kappa shape index (κ1) is 9.43. The van der Waals surface area contributed by atoms with Crippen molar-refractivity contribution in [3.05, 3.63) is 23.8 Å². The Labute approximate surface area is 76.8 Å². The van der Waals surface area contributed by atoms with Crippen LogP contribution in [0, 0.1) is 11.8 Å². The fourth-order valence-corrected chi connectivity index (χ4v) is 0.838. The third-order valence-electron chi connectivity index (χ3n) is 1.48. The maximum Gasteiger partial charge on any atom is 0.158 e. The zero-order valence-electron chi connectivity index (χ0n) is 7.12. The van der Waals surface area contributed by atoms with Crippen molar-refractivity contribution in [3.8, 4) is 23.3 Å². The van der Waals surface area contributed by atoms with E-state index < -0.39 is 0 Å². The van der Waals surface area contributed by atoms with E-state index in [1.165, 1.54) is 12.1 Å². The van der Waals surface area contributed by atoms with E-state index in [-0.39, 0.29) is 11.5 Å². The maximum absolute atomic E-state index is 9.11. The Balaban J connectivity index is 2.81.